The number of aliphatic hydroxyl groups is 1. The van der Waals surface area contributed by atoms with E-state index in [2.05, 4.69) is 0 Å². The van der Waals surface area contributed by atoms with Crippen LogP contribution in [0.4, 0.5) is 0 Å². The molecule has 1 aliphatic rings. The van der Waals surface area contributed by atoms with Gasteiger partial charge in [-0.3, -0.25) is 14.2 Å². The lowest BCUT2D eigenvalue weighted by molar-refractivity contribution is 0.0724. The molecule has 3 heterocycles. The average molecular weight is 381 g/mol. The van der Waals surface area contributed by atoms with Gasteiger partial charge in [0.05, 0.1) is 35.7 Å². The summed E-state index contributed by atoms with van der Waals surface area (Å²) in [6.45, 7) is 4.16. The van der Waals surface area contributed by atoms with Gasteiger partial charge in [0.2, 0.25) is 0 Å². The third-order valence-electron chi connectivity index (χ3n) is 5.30. The van der Waals surface area contributed by atoms with Gasteiger partial charge in [0.25, 0.3) is 11.5 Å². The molecular formula is C21H23N3O4. The molecule has 1 atom stereocenters. The summed E-state index contributed by atoms with van der Waals surface area (Å²) in [5, 5.41) is 10.0. The molecule has 7 nitrogen and oxygen atoms in total. The minimum atomic E-state index is -0.314. The van der Waals surface area contributed by atoms with Crippen LogP contribution in [0.5, 0.6) is 0 Å². The lowest BCUT2D eigenvalue weighted by Crippen LogP contribution is -2.36. The van der Waals surface area contributed by atoms with Gasteiger partial charge in [-0.1, -0.05) is 12.1 Å². The van der Waals surface area contributed by atoms with Gasteiger partial charge in [-0.25, -0.2) is 4.98 Å². The van der Waals surface area contributed by atoms with Crippen molar-refractivity contribution >= 4 is 16.8 Å². The topological polar surface area (TPSA) is 88.6 Å². The molecule has 7 heteroatoms. The van der Waals surface area contributed by atoms with Gasteiger partial charge in [0.1, 0.15) is 17.3 Å². The van der Waals surface area contributed by atoms with Crippen LogP contribution in [0, 0.1) is 13.8 Å². The number of aliphatic hydroxyl groups excluding tert-OH is 1. The second-order valence-electron chi connectivity index (χ2n) is 7.15. The van der Waals surface area contributed by atoms with Crippen molar-refractivity contribution in [2.24, 2.45) is 0 Å². The summed E-state index contributed by atoms with van der Waals surface area (Å²) >= 11 is 0. The molecule has 1 fully saturated rings. The number of amides is 1. The van der Waals surface area contributed by atoms with E-state index in [1.54, 1.807) is 36.1 Å². The number of carbonyl (C=O) groups excluding carboxylic acids is 1. The van der Waals surface area contributed by atoms with Gasteiger partial charge >= 0.3 is 0 Å². The second-order valence-corrected chi connectivity index (χ2v) is 7.15. The van der Waals surface area contributed by atoms with Gasteiger partial charge in [-0.15, -0.1) is 0 Å². The number of nitrogens with zero attached hydrogens (tertiary/aromatic N) is 3. The van der Waals surface area contributed by atoms with Gasteiger partial charge in [-0.2, -0.15) is 0 Å². The quantitative estimate of drug-likeness (QED) is 0.750. The fourth-order valence-electron chi connectivity index (χ4n) is 4.03. The van der Waals surface area contributed by atoms with Crippen molar-refractivity contribution in [2.75, 3.05) is 13.2 Å². The Hall–Kier alpha value is -2.93. The van der Waals surface area contributed by atoms with Crippen LogP contribution in [0.3, 0.4) is 0 Å². The van der Waals surface area contributed by atoms with Gasteiger partial charge in [-0.05, 0) is 44.9 Å². The summed E-state index contributed by atoms with van der Waals surface area (Å²) in [4.78, 5) is 32.7. The zero-order valence-electron chi connectivity index (χ0n) is 16.0. The van der Waals surface area contributed by atoms with Crippen LogP contribution in [0.1, 0.15) is 46.6 Å². The molecule has 0 saturated carbocycles. The molecule has 1 N–H and O–H groups in total. The molecule has 1 unspecified atom stereocenters. The number of hydrogen-bond donors (Lipinski definition) is 1. The monoisotopic (exact) mass is 381 g/mol. The number of carbonyl (C=O) groups is 1. The zero-order valence-corrected chi connectivity index (χ0v) is 16.0. The smallest absolute Gasteiger partial charge is 0.261 e. The van der Waals surface area contributed by atoms with E-state index < -0.39 is 0 Å². The predicted molar refractivity (Wildman–Crippen MR) is 104 cm³/mol. The van der Waals surface area contributed by atoms with Crippen molar-refractivity contribution in [2.45, 2.75) is 39.3 Å². The molecule has 4 rings (SSSR count). The highest BCUT2D eigenvalue weighted by atomic mass is 16.3. The van der Waals surface area contributed by atoms with E-state index in [-0.39, 0.29) is 30.7 Å². The Morgan fingerprint density at radius 1 is 1.32 bits per heavy atom. The summed E-state index contributed by atoms with van der Waals surface area (Å²) in [7, 11) is 0. The SMILES string of the molecule is Cc1cc(C(=O)N2CCCC2c2nc3ccccc3c(=O)n2CCO)c(C)o1. The van der Waals surface area contributed by atoms with E-state index in [9.17, 15) is 14.7 Å². The van der Waals surface area contributed by atoms with E-state index in [0.717, 1.165) is 12.8 Å². The van der Waals surface area contributed by atoms with Crippen molar-refractivity contribution in [3.8, 4) is 0 Å². The van der Waals surface area contributed by atoms with Crippen molar-refractivity contribution in [1.29, 1.82) is 0 Å². The zero-order chi connectivity index (χ0) is 19.8. The van der Waals surface area contributed by atoms with Gasteiger partial charge in [0.15, 0.2) is 0 Å². The normalized spacial score (nSPS) is 16.8. The number of para-hydroxylation sites is 1. The number of benzene rings is 1. The summed E-state index contributed by atoms with van der Waals surface area (Å²) in [5.74, 6) is 1.70. The molecule has 3 aromatic rings. The van der Waals surface area contributed by atoms with Crippen LogP contribution < -0.4 is 5.56 Å². The Bertz CT molecular complexity index is 1100. The maximum absolute atomic E-state index is 13.2. The maximum Gasteiger partial charge on any atom is 0.261 e. The fourth-order valence-corrected chi connectivity index (χ4v) is 4.03. The third kappa shape index (κ3) is 3.01. The van der Waals surface area contributed by atoms with E-state index >= 15 is 0 Å². The number of hydrogen-bond acceptors (Lipinski definition) is 5. The number of fused-ring (bicyclic) bond motifs is 1. The van der Waals surface area contributed by atoms with Crippen LogP contribution in [0.2, 0.25) is 0 Å². The Balaban J connectivity index is 1.82. The number of aryl methyl sites for hydroxylation is 2. The Labute approximate surface area is 162 Å². The van der Waals surface area contributed by atoms with E-state index in [4.69, 9.17) is 9.40 Å². The fraction of sp³-hybridized carbons (Fsp3) is 0.381. The number of furan rings is 1. The molecule has 0 spiro atoms. The molecule has 28 heavy (non-hydrogen) atoms. The first kappa shape index (κ1) is 18.4. The summed E-state index contributed by atoms with van der Waals surface area (Å²) in [5.41, 5.74) is 0.955. The summed E-state index contributed by atoms with van der Waals surface area (Å²) < 4.78 is 7.03. The average Bonchev–Trinajstić information content (AvgIpc) is 3.29. The van der Waals surface area contributed by atoms with Crippen LogP contribution >= 0.6 is 0 Å². The highest BCUT2D eigenvalue weighted by molar-refractivity contribution is 5.95. The van der Waals surface area contributed by atoms with Crippen LogP contribution in [-0.4, -0.2) is 38.6 Å². The van der Waals surface area contributed by atoms with E-state index in [1.165, 1.54) is 4.57 Å². The molecule has 1 saturated heterocycles. The van der Waals surface area contributed by atoms with E-state index in [1.807, 2.05) is 13.0 Å². The van der Waals surface area contributed by atoms with Crippen LogP contribution in [0.25, 0.3) is 10.9 Å². The number of aromatic nitrogens is 2. The first-order valence-electron chi connectivity index (χ1n) is 9.49. The summed E-state index contributed by atoms with van der Waals surface area (Å²) in [6, 6.07) is 8.60. The molecule has 0 bridgehead atoms. The Kier molecular flexibility index (Phi) is 4.77. The molecule has 1 aliphatic heterocycles. The van der Waals surface area contributed by atoms with Crippen molar-refractivity contribution in [1.82, 2.24) is 14.5 Å². The molecule has 1 amide bonds. The highest BCUT2D eigenvalue weighted by Crippen LogP contribution is 2.33. The molecular weight excluding hydrogens is 358 g/mol. The minimum Gasteiger partial charge on any atom is -0.466 e. The third-order valence-corrected chi connectivity index (χ3v) is 5.30. The standard InChI is InChI=1S/C21H23N3O4/c1-13-12-16(14(2)28-13)21(27)23-9-5-8-18(23)19-22-17-7-4-3-6-15(17)20(26)24(19)10-11-25/h3-4,6-7,12,18,25H,5,8-11H2,1-2H3. The molecule has 1 aromatic carbocycles. The second kappa shape index (κ2) is 7.24. The maximum atomic E-state index is 13.2. The van der Waals surface area contributed by atoms with Gasteiger partial charge < -0.3 is 14.4 Å². The number of rotatable bonds is 4. The Morgan fingerprint density at radius 3 is 2.82 bits per heavy atom. The van der Waals surface area contributed by atoms with Crippen molar-refractivity contribution < 1.29 is 14.3 Å². The van der Waals surface area contributed by atoms with Crippen molar-refractivity contribution in [3.63, 3.8) is 0 Å². The first-order chi connectivity index (χ1) is 13.5. The molecule has 0 aliphatic carbocycles. The van der Waals surface area contributed by atoms with Crippen molar-refractivity contribution in [3.05, 3.63) is 63.6 Å². The predicted octanol–water partition coefficient (Wildman–Crippen LogP) is 2.58. The molecule has 146 valence electrons. The molecule has 2 aromatic heterocycles. The largest absolute Gasteiger partial charge is 0.466 e. The minimum absolute atomic E-state index is 0.116. The first-order valence-corrected chi connectivity index (χ1v) is 9.49. The van der Waals surface area contributed by atoms with E-state index in [0.29, 0.717) is 40.4 Å². The summed E-state index contributed by atoms with van der Waals surface area (Å²) in [6.07, 6.45) is 1.55. The Morgan fingerprint density at radius 2 is 2.11 bits per heavy atom. The lowest BCUT2D eigenvalue weighted by atomic mass is 10.1. The van der Waals surface area contributed by atoms with Crippen LogP contribution in [0.15, 0.2) is 39.5 Å². The molecule has 0 radical (unpaired) electrons. The number of likely N-dealkylation sites (tertiary alicyclic amines) is 1. The highest BCUT2D eigenvalue weighted by Gasteiger charge is 2.35. The van der Waals surface area contributed by atoms with Gasteiger partial charge in [0, 0.05) is 6.54 Å². The van der Waals surface area contributed by atoms with Crippen LogP contribution in [-0.2, 0) is 6.54 Å². The lowest BCUT2D eigenvalue weighted by Gasteiger charge is -2.26.